The Hall–Kier alpha value is -1.88. The fraction of sp³-hybridized carbons (Fsp3) is 0.375. The molecule has 0 radical (unpaired) electrons. The predicted molar refractivity (Wildman–Crippen MR) is 86.6 cm³/mol. The first kappa shape index (κ1) is 15.5. The van der Waals surface area contributed by atoms with Crippen LogP contribution < -0.4 is 0 Å². The van der Waals surface area contributed by atoms with Gasteiger partial charge in [0, 0.05) is 37.9 Å². The lowest BCUT2D eigenvalue weighted by atomic mass is 10.1. The molecule has 1 aromatic carbocycles. The maximum absolute atomic E-state index is 12.0. The summed E-state index contributed by atoms with van der Waals surface area (Å²) in [4.78, 5) is 29.2. The van der Waals surface area contributed by atoms with Crippen LogP contribution in [0, 0.1) is 0 Å². The van der Waals surface area contributed by atoms with Gasteiger partial charge in [0.25, 0.3) is 0 Å². The van der Waals surface area contributed by atoms with Crippen LogP contribution in [0.25, 0.3) is 10.8 Å². The van der Waals surface area contributed by atoms with E-state index in [0.29, 0.717) is 12.8 Å². The fourth-order valence-electron chi connectivity index (χ4n) is 2.08. The van der Waals surface area contributed by atoms with Gasteiger partial charge in [0.2, 0.25) is 11.8 Å². The summed E-state index contributed by atoms with van der Waals surface area (Å²) >= 11 is 1.57. The average molecular weight is 304 g/mol. The van der Waals surface area contributed by atoms with Gasteiger partial charge in [-0.05, 0) is 10.8 Å². The number of hydrogen-bond acceptors (Lipinski definition) is 3. The van der Waals surface area contributed by atoms with Gasteiger partial charge in [-0.3, -0.25) is 9.59 Å². The molecule has 0 spiro atoms. The molecule has 1 heterocycles. The molecule has 2 rings (SSSR count). The molecule has 0 atom stereocenters. The van der Waals surface area contributed by atoms with Gasteiger partial charge in [-0.25, -0.2) is 0 Å². The molecular weight excluding hydrogens is 284 g/mol. The maximum atomic E-state index is 12.0. The van der Waals surface area contributed by atoms with E-state index in [-0.39, 0.29) is 11.8 Å². The average Bonchev–Trinajstić information content (AvgIpc) is 2.77. The van der Waals surface area contributed by atoms with Crippen LogP contribution in [-0.4, -0.2) is 49.8 Å². The number of carbonyl (C=O) groups is 2. The molecule has 0 bridgehead atoms. The molecule has 2 amide bonds. The van der Waals surface area contributed by atoms with Gasteiger partial charge in [-0.2, -0.15) is 0 Å². The van der Waals surface area contributed by atoms with Crippen molar-refractivity contribution in [2.45, 2.75) is 12.8 Å². The minimum atomic E-state index is 0.0764. The van der Waals surface area contributed by atoms with Crippen LogP contribution in [0.15, 0.2) is 24.3 Å². The molecule has 0 unspecified atom stereocenters. The predicted octanol–water partition coefficient (Wildman–Crippen LogP) is 2.16. The number of thiophene rings is 1. The Bertz CT molecular complexity index is 618. The van der Waals surface area contributed by atoms with Crippen molar-refractivity contribution in [2.24, 2.45) is 0 Å². The Morgan fingerprint density at radius 3 is 1.57 bits per heavy atom. The molecule has 112 valence electrons. The molecule has 5 heteroatoms. The van der Waals surface area contributed by atoms with Crippen LogP contribution in [0.4, 0.5) is 0 Å². The number of hydrogen-bond donors (Lipinski definition) is 0. The maximum Gasteiger partial charge on any atom is 0.227 e. The molecule has 0 aliphatic heterocycles. The molecule has 0 aliphatic rings. The molecule has 0 saturated heterocycles. The van der Waals surface area contributed by atoms with Gasteiger partial charge in [-0.15, -0.1) is 11.3 Å². The van der Waals surface area contributed by atoms with E-state index in [1.54, 1.807) is 49.3 Å². The van der Waals surface area contributed by atoms with Gasteiger partial charge < -0.3 is 9.80 Å². The number of fused-ring (bicyclic) bond motifs is 1. The van der Waals surface area contributed by atoms with E-state index in [2.05, 4.69) is 0 Å². The number of benzene rings is 1. The highest BCUT2D eigenvalue weighted by atomic mass is 32.1. The van der Waals surface area contributed by atoms with Crippen LogP contribution in [0.3, 0.4) is 0 Å². The van der Waals surface area contributed by atoms with Crippen molar-refractivity contribution in [3.05, 3.63) is 34.0 Å². The van der Waals surface area contributed by atoms with Crippen molar-refractivity contribution >= 4 is 33.9 Å². The first-order valence-electron chi connectivity index (χ1n) is 6.79. The van der Waals surface area contributed by atoms with Crippen LogP contribution in [-0.2, 0) is 22.4 Å². The molecular formula is C16H20N2O2S. The van der Waals surface area contributed by atoms with Crippen LogP contribution in [0.1, 0.15) is 9.75 Å². The summed E-state index contributed by atoms with van der Waals surface area (Å²) in [5.41, 5.74) is 0. The Morgan fingerprint density at radius 2 is 1.24 bits per heavy atom. The molecule has 1 aromatic heterocycles. The number of carbonyl (C=O) groups excluding carboxylic acids is 2. The zero-order valence-corrected chi connectivity index (χ0v) is 13.7. The quantitative estimate of drug-likeness (QED) is 0.868. The summed E-state index contributed by atoms with van der Waals surface area (Å²) in [6.45, 7) is 0. The van der Waals surface area contributed by atoms with E-state index in [1.165, 1.54) is 0 Å². The number of likely N-dealkylation sites (N-methyl/N-ethyl adjacent to an activating group) is 2. The third-order valence-corrected chi connectivity index (χ3v) is 4.62. The molecule has 0 saturated carbocycles. The highest BCUT2D eigenvalue weighted by Gasteiger charge is 2.17. The lowest BCUT2D eigenvalue weighted by Crippen LogP contribution is -2.23. The van der Waals surface area contributed by atoms with Gasteiger partial charge in [0.15, 0.2) is 0 Å². The van der Waals surface area contributed by atoms with Gasteiger partial charge in [0.1, 0.15) is 0 Å². The molecule has 0 N–H and O–H groups in total. The van der Waals surface area contributed by atoms with Gasteiger partial charge in [-0.1, -0.05) is 24.3 Å². The van der Waals surface area contributed by atoms with Gasteiger partial charge in [0.05, 0.1) is 12.8 Å². The number of nitrogens with zero attached hydrogens (tertiary/aromatic N) is 2. The Labute approximate surface area is 129 Å². The second kappa shape index (κ2) is 6.26. The third-order valence-electron chi connectivity index (χ3n) is 3.40. The zero-order chi connectivity index (χ0) is 15.6. The lowest BCUT2D eigenvalue weighted by molar-refractivity contribution is -0.128. The SMILES string of the molecule is CN(C)C(=O)Cc1sc(CC(=O)N(C)C)c2ccccc12. The minimum Gasteiger partial charge on any atom is -0.349 e. The van der Waals surface area contributed by atoms with Crippen LogP contribution in [0.5, 0.6) is 0 Å². The Kier molecular flexibility index (Phi) is 4.63. The highest BCUT2D eigenvalue weighted by Crippen LogP contribution is 2.32. The van der Waals surface area contributed by atoms with E-state index in [9.17, 15) is 9.59 Å². The second-order valence-electron chi connectivity index (χ2n) is 5.42. The normalized spacial score (nSPS) is 10.7. The minimum absolute atomic E-state index is 0.0764. The summed E-state index contributed by atoms with van der Waals surface area (Å²) in [6, 6.07) is 7.98. The third kappa shape index (κ3) is 3.42. The van der Waals surface area contributed by atoms with Gasteiger partial charge >= 0.3 is 0 Å². The monoisotopic (exact) mass is 304 g/mol. The van der Waals surface area contributed by atoms with Crippen LogP contribution in [0.2, 0.25) is 0 Å². The largest absolute Gasteiger partial charge is 0.349 e. The molecule has 0 aliphatic carbocycles. The smallest absolute Gasteiger partial charge is 0.227 e. The van der Waals surface area contributed by atoms with E-state index in [4.69, 9.17) is 0 Å². The molecule has 4 nitrogen and oxygen atoms in total. The van der Waals surface area contributed by atoms with Crippen LogP contribution >= 0.6 is 11.3 Å². The molecule has 21 heavy (non-hydrogen) atoms. The number of rotatable bonds is 4. The highest BCUT2D eigenvalue weighted by molar-refractivity contribution is 7.14. The van der Waals surface area contributed by atoms with E-state index < -0.39 is 0 Å². The van der Waals surface area contributed by atoms with Crippen molar-refractivity contribution in [1.29, 1.82) is 0 Å². The van der Waals surface area contributed by atoms with E-state index in [1.807, 2.05) is 24.3 Å². The van der Waals surface area contributed by atoms with Crippen molar-refractivity contribution in [3.8, 4) is 0 Å². The lowest BCUT2D eigenvalue weighted by Gasteiger charge is -2.09. The molecule has 2 aromatic rings. The molecule has 0 fully saturated rings. The van der Waals surface area contributed by atoms with Crippen molar-refractivity contribution in [2.75, 3.05) is 28.2 Å². The number of amides is 2. The summed E-state index contributed by atoms with van der Waals surface area (Å²) in [7, 11) is 7.03. The summed E-state index contributed by atoms with van der Waals surface area (Å²) in [5.74, 6) is 0.153. The summed E-state index contributed by atoms with van der Waals surface area (Å²) in [6.07, 6.45) is 0.767. The fourth-order valence-corrected chi connectivity index (χ4v) is 3.35. The standard InChI is InChI=1S/C16H20N2O2S/c1-17(2)15(19)9-13-11-7-5-6-8-12(11)14(21-13)10-16(20)18(3)4/h5-8H,9-10H2,1-4H3. The van der Waals surface area contributed by atoms with Crippen molar-refractivity contribution in [1.82, 2.24) is 9.80 Å². The first-order chi connectivity index (χ1) is 9.90. The summed E-state index contributed by atoms with van der Waals surface area (Å²) in [5, 5.41) is 2.17. The topological polar surface area (TPSA) is 40.6 Å². The summed E-state index contributed by atoms with van der Waals surface area (Å²) < 4.78 is 0. The zero-order valence-electron chi connectivity index (χ0n) is 12.8. The Balaban J connectivity index is 2.39. The second-order valence-corrected chi connectivity index (χ2v) is 6.61. The van der Waals surface area contributed by atoms with Crippen molar-refractivity contribution < 1.29 is 9.59 Å². The Morgan fingerprint density at radius 1 is 0.857 bits per heavy atom. The first-order valence-corrected chi connectivity index (χ1v) is 7.61. The van der Waals surface area contributed by atoms with E-state index in [0.717, 1.165) is 20.5 Å². The van der Waals surface area contributed by atoms with Crippen molar-refractivity contribution in [3.63, 3.8) is 0 Å². The van der Waals surface area contributed by atoms with E-state index >= 15 is 0 Å².